The third kappa shape index (κ3) is 4.02. The van der Waals surface area contributed by atoms with Crippen LogP contribution >= 0.6 is 0 Å². The van der Waals surface area contributed by atoms with Gasteiger partial charge < -0.3 is 18.9 Å². The molecule has 0 radical (unpaired) electrons. The molecule has 0 atom stereocenters. The Labute approximate surface area is 163 Å². The maximum atomic E-state index is 12.5. The Morgan fingerprint density at radius 2 is 1.59 bits per heavy atom. The number of nitrogens with zero attached hydrogens (tertiary/aromatic N) is 1. The molecule has 27 heavy (non-hydrogen) atoms. The molecule has 1 amide bonds. The lowest BCUT2D eigenvalue weighted by atomic mass is 9.50. The molecule has 2 heterocycles. The molecule has 0 unspecified atom stereocenters. The molecule has 2 saturated heterocycles. The minimum atomic E-state index is -0.501. The van der Waals surface area contributed by atoms with Crippen LogP contribution in [0.2, 0.25) is 5.31 Å². The first kappa shape index (κ1) is 20.2. The molecule has 0 aliphatic carbocycles. The fourth-order valence-electron chi connectivity index (χ4n) is 3.61. The van der Waals surface area contributed by atoms with Crippen LogP contribution in [0.5, 0.6) is 0 Å². The predicted molar refractivity (Wildman–Crippen MR) is 107 cm³/mol. The van der Waals surface area contributed by atoms with Gasteiger partial charge in [-0.15, -0.1) is 0 Å². The van der Waals surface area contributed by atoms with Crippen LogP contribution in [0.25, 0.3) is 0 Å². The number of rotatable bonds is 3. The van der Waals surface area contributed by atoms with Gasteiger partial charge in [-0.1, -0.05) is 30.3 Å². The van der Waals surface area contributed by atoms with Crippen LogP contribution in [0.4, 0.5) is 4.79 Å². The van der Waals surface area contributed by atoms with Crippen molar-refractivity contribution in [1.29, 1.82) is 0 Å². The molecular formula is C21H32BNO4. The maximum absolute atomic E-state index is 12.5. The number of benzene rings is 1. The van der Waals surface area contributed by atoms with Crippen molar-refractivity contribution in [1.82, 2.24) is 4.90 Å². The van der Waals surface area contributed by atoms with Crippen LogP contribution in [0.1, 0.15) is 54.0 Å². The molecule has 0 bridgehead atoms. The van der Waals surface area contributed by atoms with Crippen LogP contribution in [0.3, 0.4) is 0 Å². The normalized spacial score (nSPS) is 23.1. The number of amides is 1. The largest absolute Gasteiger partial charge is 0.468 e. The third-order valence-electron chi connectivity index (χ3n) is 5.82. The summed E-state index contributed by atoms with van der Waals surface area (Å²) >= 11 is 0. The Hall–Kier alpha value is -1.53. The van der Waals surface area contributed by atoms with E-state index in [9.17, 15) is 4.79 Å². The highest BCUT2D eigenvalue weighted by Gasteiger charge is 2.64. The molecule has 5 nitrogen and oxygen atoms in total. The second kappa shape index (κ2) is 6.52. The monoisotopic (exact) mass is 373 g/mol. The number of hydrogen-bond acceptors (Lipinski definition) is 4. The highest BCUT2D eigenvalue weighted by molar-refractivity contribution is 6.50. The highest BCUT2D eigenvalue weighted by Crippen LogP contribution is 2.51. The van der Waals surface area contributed by atoms with Crippen molar-refractivity contribution < 1.29 is 18.8 Å². The maximum Gasteiger partial charge on any atom is 0.468 e. The van der Waals surface area contributed by atoms with Gasteiger partial charge in [-0.2, -0.15) is 0 Å². The minimum Gasteiger partial charge on any atom is -0.444 e. The Morgan fingerprint density at radius 1 is 1.07 bits per heavy atom. The van der Waals surface area contributed by atoms with E-state index in [4.69, 9.17) is 14.0 Å². The molecule has 0 aromatic heterocycles. The van der Waals surface area contributed by atoms with E-state index in [1.807, 2.05) is 39.0 Å². The third-order valence-corrected chi connectivity index (χ3v) is 5.82. The molecule has 2 aliphatic rings. The Balaban J connectivity index is 1.80. The lowest BCUT2D eigenvalue weighted by molar-refractivity contribution is -0.00348. The average molecular weight is 373 g/mol. The fourth-order valence-corrected chi connectivity index (χ4v) is 3.61. The summed E-state index contributed by atoms with van der Waals surface area (Å²) in [7, 11) is -0.360. The quantitative estimate of drug-likeness (QED) is 0.741. The lowest BCUT2D eigenvalue weighted by Gasteiger charge is -2.50. The topological polar surface area (TPSA) is 48.0 Å². The van der Waals surface area contributed by atoms with Gasteiger partial charge in [0.25, 0.3) is 0 Å². The van der Waals surface area contributed by atoms with E-state index in [1.54, 1.807) is 4.90 Å². The summed E-state index contributed by atoms with van der Waals surface area (Å²) in [5, 5.41) is -0.275. The fraction of sp³-hybridized carbons (Fsp3) is 0.667. The number of likely N-dealkylation sites (tertiary alicyclic amines) is 1. The molecule has 2 aliphatic heterocycles. The van der Waals surface area contributed by atoms with E-state index < -0.39 is 16.8 Å². The van der Waals surface area contributed by atoms with E-state index in [1.165, 1.54) is 5.56 Å². The molecule has 0 spiro atoms. The molecule has 6 heteroatoms. The van der Waals surface area contributed by atoms with Crippen molar-refractivity contribution in [2.75, 3.05) is 13.1 Å². The Morgan fingerprint density at radius 3 is 2.07 bits per heavy atom. The SMILES string of the molecule is CC(C)(C)OC(=O)N1CC(Cc2ccccc2)(B2OC(C)(C)C(C)(C)O2)C1. The van der Waals surface area contributed by atoms with E-state index in [-0.39, 0.29) is 18.5 Å². The van der Waals surface area contributed by atoms with Crippen molar-refractivity contribution in [3.05, 3.63) is 35.9 Å². The smallest absolute Gasteiger partial charge is 0.444 e. The van der Waals surface area contributed by atoms with Crippen LogP contribution < -0.4 is 0 Å². The van der Waals surface area contributed by atoms with Crippen LogP contribution in [-0.2, 0) is 20.5 Å². The van der Waals surface area contributed by atoms with E-state index in [2.05, 4.69) is 39.8 Å². The standard InChI is InChI=1S/C21H32BNO4/c1-18(2,3)25-17(24)23-14-21(15-23,13-16-11-9-8-10-12-16)22-26-19(4,5)20(6,7)27-22/h8-12H,13-15H2,1-7H3. The molecule has 0 N–H and O–H groups in total. The molecule has 2 fully saturated rings. The molecule has 1 aromatic rings. The van der Waals surface area contributed by atoms with Gasteiger partial charge in [0.1, 0.15) is 5.60 Å². The second-order valence-electron chi connectivity index (χ2n) is 9.95. The molecular weight excluding hydrogens is 341 g/mol. The summed E-state index contributed by atoms with van der Waals surface area (Å²) in [5.41, 5.74) is -0.0726. The van der Waals surface area contributed by atoms with Crippen molar-refractivity contribution in [2.24, 2.45) is 0 Å². The molecule has 3 rings (SSSR count). The van der Waals surface area contributed by atoms with Gasteiger partial charge in [-0.3, -0.25) is 0 Å². The second-order valence-corrected chi connectivity index (χ2v) is 9.95. The number of hydrogen-bond donors (Lipinski definition) is 0. The zero-order valence-electron chi connectivity index (χ0n) is 17.7. The van der Waals surface area contributed by atoms with Gasteiger partial charge >= 0.3 is 13.2 Å². The first-order valence-electron chi connectivity index (χ1n) is 9.71. The summed E-state index contributed by atoms with van der Waals surface area (Å²) < 4.78 is 18.3. The van der Waals surface area contributed by atoms with E-state index in [0.717, 1.165) is 6.42 Å². The first-order chi connectivity index (χ1) is 12.3. The number of carbonyl (C=O) groups excluding carboxylic acids is 1. The van der Waals surface area contributed by atoms with Gasteiger partial charge in [0.05, 0.1) is 11.2 Å². The van der Waals surface area contributed by atoms with Gasteiger partial charge in [-0.25, -0.2) is 4.79 Å². The zero-order chi connectivity index (χ0) is 20.1. The van der Waals surface area contributed by atoms with E-state index in [0.29, 0.717) is 13.1 Å². The minimum absolute atomic E-state index is 0.275. The van der Waals surface area contributed by atoms with Crippen LogP contribution in [0, 0.1) is 0 Å². The van der Waals surface area contributed by atoms with E-state index >= 15 is 0 Å². The summed E-state index contributed by atoms with van der Waals surface area (Å²) in [6.45, 7) is 15.0. The van der Waals surface area contributed by atoms with Gasteiger partial charge in [0.2, 0.25) is 0 Å². The lowest BCUT2D eigenvalue weighted by Crippen LogP contribution is -2.62. The van der Waals surface area contributed by atoms with Crippen molar-refractivity contribution >= 4 is 13.2 Å². The first-order valence-corrected chi connectivity index (χ1v) is 9.71. The van der Waals surface area contributed by atoms with Crippen LogP contribution in [-0.4, -0.2) is 48.0 Å². The summed E-state index contributed by atoms with van der Waals surface area (Å²) in [6, 6.07) is 10.3. The molecule has 148 valence electrons. The van der Waals surface area contributed by atoms with Crippen LogP contribution in [0.15, 0.2) is 30.3 Å². The van der Waals surface area contributed by atoms with Gasteiger partial charge in [0.15, 0.2) is 0 Å². The number of carbonyl (C=O) groups is 1. The summed E-state index contributed by atoms with van der Waals surface area (Å²) in [5.74, 6) is 0. The van der Waals surface area contributed by atoms with Crippen molar-refractivity contribution in [3.63, 3.8) is 0 Å². The van der Waals surface area contributed by atoms with Gasteiger partial charge in [-0.05, 0) is 60.5 Å². The summed E-state index contributed by atoms with van der Waals surface area (Å²) in [4.78, 5) is 14.2. The Bertz CT molecular complexity index is 674. The molecule has 0 saturated carbocycles. The zero-order valence-corrected chi connectivity index (χ0v) is 17.7. The Kier molecular flexibility index (Phi) is 4.88. The summed E-state index contributed by atoms with van der Waals surface area (Å²) in [6.07, 6.45) is 0.520. The number of ether oxygens (including phenoxy) is 1. The van der Waals surface area contributed by atoms with Crippen molar-refractivity contribution in [3.8, 4) is 0 Å². The van der Waals surface area contributed by atoms with Gasteiger partial charge in [0, 0.05) is 18.4 Å². The highest BCUT2D eigenvalue weighted by atomic mass is 16.7. The van der Waals surface area contributed by atoms with Crippen molar-refractivity contribution in [2.45, 2.75) is 77.0 Å². The predicted octanol–water partition coefficient (Wildman–Crippen LogP) is 4.31. The molecule has 1 aromatic carbocycles. The average Bonchev–Trinajstić information content (AvgIpc) is 2.70.